The lowest BCUT2D eigenvalue weighted by Gasteiger charge is -2.37. The number of carbonyl (C=O) groups excluding carboxylic acids is 1. The third-order valence-electron chi connectivity index (χ3n) is 4.44. The first-order chi connectivity index (χ1) is 9.06. The predicted molar refractivity (Wildman–Crippen MR) is 71.7 cm³/mol. The number of nitrogens with zero attached hydrogens (tertiary/aromatic N) is 1. The molecule has 2 fully saturated rings. The molecule has 0 spiro atoms. The van der Waals surface area contributed by atoms with Crippen molar-refractivity contribution in [2.24, 2.45) is 17.8 Å². The quantitative estimate of drug-likeness (QED) is 0.779. The Hall–Kier alpha value is -1.10. The van der Waals surface area contributed by atoms with Crippen LogP contribution in [0.15, 0.2) is 0 Å². The van der Waals surface area contributed by atoms with E-state index in [0.717, 1.165) is 39.0 Å². The average molecular weight is 268 g/mol. The van der Waals surface area contributed by atoms with Gasteiger partial charge in [0, 0.05) is 25.9 Å². The molecule has 0 aromatic heterocycles. The van der Waals surface area contributed by atoms with Gasteiger partial charge in [-0.3, -0.25) is 9.59 Å². The number of hydrogen-bond acceptors (Lipinski definition) is 3. The summed E-state index contributed by atoms with van der Waals surface area (Å²) in [5.74, 6) is 0.506. The molecule has 108 valence electrons. The summed E-state index contributed by atoms with van der Waals surface area (Å²) in [5.41, 5.74) is 0. The lowest BCUT2D eigenvalue weighted by Crippen LogP contribution is -2.47. The van der Waals surface area contributed by atoms with Gasteiger partial charge in [0.25, 0.3) is 0 Å². The lowest BCUT2D eigenvalue weighted by molar-refractivity contribution is -0.138. The maximum atomic E-state index is 12.2. The van der Waals surface area contributed by atoms with Crippen molar-refractivity contribution in [2.45, 2.75) is 32.6 Å². The van der Waals surface area contributed by atoms with Crippen molar-refractivity contribution in [1.29, 1.82) is 0 Å². The smallest absolute Gasteiger partial charge is 0.303 e. The molecule has 19 heavy (non-hydrogen) atoms. The topological polar surface area (TPSA) is 69.6 Å². The summed E-state index contributed by atoms with van der Waals surface area (Å²) in [6, 6.07) is 0. The minimum absolute atomic E-state index is 0.151. The molecule has 0 aromatic rings. The molecule has 2 rings (SSSR count). The maximum Gasteiger partial charge on any atom is 0.303 e. The molecule has 2 aliphatic heterocycles. The zero-order chi connectivity index (χ0) is 13.8. The summed E-state index contributed by atoms with van der Waals surface area (Å²) in [4.78, 5) is 24.9. The number of rotatable bonds is 5. The van der Waals surface area contributed by atoms with Crippen LogP contribution in [-0.2, 0) is 9.59 Å². The maximum absolute atomic E-state index is 12.2. The summed E-state index contributed by atoms with van der Waals surface area (Å²) in [5, 5.41) is 12.0. The van der Waals surface area contributed by atoms with Crippen LogP contribution in [0.2, 0.25) is 0 Å². The van der Waals surface area contributed by atoms with E-state index in [1.807, 2.05) is 11.8 Å². The number of likely N-dealkylation sites (tertiary alicyclic amines) is 1. The van der Waals surface area contributed by atoms with Crippen molar-refractivity contribution in [3.05, 3.63) is 0 Å². The van der Waals surface area contributed by atoms with Crippen LogP contribution in [0.25, 0.3) is 0 Å². The Morgan fingerprint density at radius 1 is 1.42 bits per heavy atom. The number of aliphatic carboxylic acids is 1. The first-order valence-corrected chi connectivity index (χ1v) is 7.26. The van der Waals surface area contributed by atoms with Crippen molar-refractivity contribution in [1.82, 2.24) is 10.2 Å². The molecule has 5 nitrogen and oxygen atoms in total. The van der Waals surface area contributed by atoms with Gasteiger partial charge in [0.05, 0.1) is 0 Å². The van der Waals surface area contributed by atoms with Gasteiger partial charge in [-0.25, -0.2) is 0 Å². The monoisotopic (exact) mass is 268 g/mol. The van der Waals surface area contributed by atoms with E-state index < -0.39 is 5.97 Å². The first kappa shape index (κ1) is 14.3. The van der Waals surface area contributed by atoms with Crippen LogP contribution in [0.4, 0.5) is 0 Å². The third kappa shape index (κ3) is 3.93. The Morgan fingerprint density at radius 2 is 2.16 bits per heavy atom. The summed E-state index contributed by atoms with van der Waals surface area (Å²) in [7, 11) is 0. The van der Waals surface area contributed by atoms with E-state index in [2.05, 4.69) is 5.32 Å². The van der Waals surface area contributed by atoms with Crippen molar-refractivity contribution < 1.29 is 14.7 Å². The predicted octanol–water partition coefficient (Wildman–Crippen LogP) is 0.945. The van der Waals surface area contributed by atoms with Crippen LogP contribution in [0.3, 0.4) is 0 Å². The van der Waals surface area contributed by atoms with Crippen LogP contribution in [0, 0.1) is 17.8 Å². The summed E-state index contributed by atoms with van der Waals surface area (Å²) in [6.45, 7) is 5.49. The molecule has 2 heterocycles. The largest absolute Gasteiger partial charge is 0.481 e. The van der Waals surface area contributed by atoms with Crippen LogP contribution in [0.1, 0.15) is 32.6 Å². The zero-order valence-corrected chi connectivity index (χ0v) is 11.6. The Morgan fingerprint density at radius 3 is 2.74 bits per heavy atom. The van der Waals surface area contributed by atoms with E-state index in [9.17, 15) is 9.59 Å². The molecule has 0 bridgehead atoms. The van der Waals surface area contributed by atoms with Crippen LogP contribution >= 0.6 is 0 Å². The molecule has 1 amide bonds. The van der Waals surface area contributed by atoms with Gasteiger partial charge in [0.1, 0.15) is 0 Å². The number of carboxylic acid groups (broad SMARTS) is 1. The fraction of sp³-hybridized carbons (Fsp3) is 0.857. The number of nitrogens with one attached hydrogen (secondary N) is 1. The zero-order valence-electron chi connectivity index (χ0n) is 11.6. The van der Waals surface area contributed by atoms with Crippen molar-refractivity contribution in [3.63, 3.8) is 0 Å². The highest BCUT2D eigenvalue weighted by atomic mass is 16.4. The molecule has 0 aliphatic carbocycles. The van der Waals surface area contributed by atoms with E-state index >= 15 is 0 Å². The fourth-order valence-electron chi connectivity index (χ4n) is 3.01. The molecule has 0 saturated carbocycles. The molecule has 2 saturated heterocycles. The van der Waals surface area contributed by atoms with E-state index in [-0.39, 0.29) is 18.2 Å². The highest BCUT2D eigenvalue weighted by molar-refractivity contribution is 5.76. The fourth-order valence-corrected chi connectivity index (χ4v) is 3.01. The molecule has 2 atom stereocenters. The summed E-state index contributed by atoms with van der Waals surface area (Å²) in [6.07, 6.45) is 2.90. The average Bonchev–Trinajstić information content (AvgIpc) is 2.33. The Balaban J connectivity index is 1.81. The number of piperidine rings is 1. The van der Waals surface area contributed by atoms with E-state index in [1.165, 1.54) is 0 Å². The van der Waals surface area contributed by atoms with E-state index in [4.69, 9.17) is 5.11 Å². The second-order valence-corrected chi connectivity index (χ2v) is 6.05. The minimum Gasteiger partial charge on any atom is -0.481 e. The minimum atomic E-state index is -0.739. The van der Waals surface area contributed by atoms with Crippen LogP contribution in [0.5, 0.6) is 0 Å². The first-order valence-electron chi connectivity index (χ1n) is 7.26. The number of hydrogen-bond donors (Lipinski definition) is 2. The Labute approximate surface area is 114 Å². The molecule has 5 heteroatoms. The van der Waals surface area contributed by atoms with Gasteiger partial charge in [0.2, 0.25) is 5.91 Å². The van der Waals surface area contributed by atoms with Gasteiger partial charge in [-0.2, -0.15) is 0 Å². The normalized spacial score (nSPS) is 25.7. The molecular formula is C14H24N2O3. The molecule has 0 aromatic carbocycles. The highest BCUT2D eigenvalue weighted by Crippen LogP contribution is 2.27. The lowest BCUT2D eigenvalue weighted by atomic mass is 9.84. The van der Waals surface area contributed by atoms with Gasteiger partial charge >= 0.3 is 5.97 Å². The highest BCUT2D eigenvalue weighted by Gasteiger charge is 2.30. The van der Waals surface area contributed by atoms with Crippen molar-refractivity contribution in [2.75, 3.05) is 26.2 Å². The molecule has 0 radical (unpaired) electrons. The van der Waals surface area contributed by atoms with Gasteiger partial charge in [0.15, 0.2) is 0 Å². The molecule has 2 N–H and O–H groups in total. The molecule has 2 aliphatic rings. The molecule has 2 unspecified atom stereocenters. The van der Waals surface area contributed by atoms with Gasteiger partial charge < -0.3 is 15.3 Å². The van der Waals surface area contributed by atoms with Crippen LogP contribution in [-0.4, -0.2) is 48.1 Å². The SMILES string of the molecule is CC(CC(=O)O)C1CCCN(C(=O)CC2CNC2)C1. The molecular weight excluding hydrogens is 244 g/mol. The van der Waals surface area contributed by atoms with Gasteiger partial charge in [-0.1, -0.05) is 6.92 Å². The third-order valence-corrected chi connectivity index (χ3v) is 4.44. The van der Waals surface area contributed by atoms with E-state index in [0.29, 0.717) is 18.3 Å². The number of amides is 1. The standard InChI is InChI=1S/C14H24N2O3/c1-10(5-14(18)19)12-3-2-4-16(9-12)13(17)6-11-7-15-8-11/h10-12,15H,2-9H2,1H3,(H,18,19). The van der Waals surface area contributed by atoms with Crippen LogP contribution < -0.4 is 5.32 Å². The second kappa shape index (κ2) is 6.37. The second-order valence-electron chi connectivity index (χ2n) is 6.05. The Bertz CT molecular complexity index is 342. The number of carboxylic acids is 1. The van der Waals surface area contributed by atoms with Crippen molar-refractivity contribution in [3.8, 4) is 0 Å². The van der Waals surface area contributed by atoms with Crippen molar-refractivity contribution >= 4 is 11.9 Å². The van der Waals surface area contributed by atoms with E-state index in [1.54, 1.807) is 0 Å². The summed E-state index contributed by atoms with van der Waals surface area (Å²) < 4.78 is 0. The summed E-state index contributed by atoms with van der Waals surface area (Å²) >= 11 is 0. The number of carbonyl (C=O) groups is 2. The van der Waals surface area contributed by atoms with Gasteiger partial charge in [-0.15, -0.1) is 0 Å². The Kier molecular flexibility index (Phi) is 4.80. The van der Waals surface area contributed by atoms with Gasteiger partial charge in [-0.05, 0) is 43.7 Å².